The third kappa shape index (κ3) is 2.39. The Bertz CT molecular complexity index is 391. The van der Waals surface area contributed by atoms with Gasteiger partial charge in [-0.15, -0.1) is 0 Å². The van der Waals surface area contributed by atoms with Gasteiger partial charge in [0.1, 0.15) is 12.2 Å². The minimum atomic E-state index is -1.54. The van der Waals surface area contributed by atoms with Crippen molar-refractivity contribution in [2.75, 3.05) is 0 Å². The number of rotatable bonds is 1. The molecule has 6 atom stereocenters. The second-order valence-electron chi connectivity index (χ2n) is 7.35. The molecular weight excluding hydrogens is 264 g/mol. The molecule has 4 nitrogen and oxygen atoms in total. The number of ether oxygens (including phenoxy) is 1. The summed E-state index contributed by atoms with van der Waals surface area (Å²) in [5.74, 6) is 0.407. The van der Waals surface area contributed by atoms with E-state index in [0.717, 1.165) is 25.7 Å². The summed E-state index contributed by atoms with van der Waals surface area (Å²) in [4.78, 5) is 0. The highest BCUT2D eigenvalue weighted by Gasteiger charge is 2.58. The van der Waals surface area contributed by atoms with Crippen LogP contribution in [-0.2, 0) is 24.5 Å². The molecule has 0 bridgehead atoms. The summed E-state index contributed by atoms with van der Waals surface area (Å²) in [6.45, 7) is 8.64. The molecule has 19 heavy (non-hydrogen) atoms. The third-order valence-corrected chi connectivity index (χ3v) is 5.72. The van der Waals surface area contributed by atoms with E-state index < -0.39 is 11.4 Å². The molecule has 110 valence electrons. The van der Waals surface area contributed by atoms with E-state index in [1.807, 2.05) is 0 Å². The van der Waals surface area contributed by atoms with Crippen LogP contribution >= 0.6 is 0 Å². The first kappa shape index (κ1) is 14.0. The summed E-state index contributed by atoms with van der Waals surface area (Å²) in [5.41, 5.74) is 0.0155. The van der Waals surface area contributed by atoms with Crippen LogP contribution in [0.4, 0.5) is 0 Å². The molecule has 2 saturated carbocycles. The molecule has 3 fully saturated rings. The maximum Gasteiger partial charge on any atom is 0.305 e. The minimum absolute atomic E-state index is 0.00634. The van der Waals surface area contributed by atoms with Gasteiger partial charge >= 0.3 is 11.4 Å². The normalized spacial score (nSPS) is 50.0. The lowest BCUT2D eigenvalue weighted by atomic mass is 9.66. The highest BCUT2D eigenvalue weighted by molar-refractivity contribution is 7.75. The van der Waals surface area contributed by atoms with E-state index >= 15 is 0 Å². The summed E-state index contributed by atoms with van der Waals surface area (Å²) in [6.07, 6.45) is 4.43. The van der Waals surface area contributed by atoms with E-state index in [0.29, 0.717) is 5.92 Å². The predicted molar refractivity (Wildman–Crippen MR) is 72.6 cm³/mol. The first-order chi connectivity index (χ1) is 8.79. The lowest BCUT2D eigenvalue weighted by Gasteiger charge is -2.45. The van der Waals surface area contributed by atoms with E-state index in [1.54, 1.807) is 0 Å². The Balaban J connectivity index is 1.80. The minimum Gasteiger partial charge on any atom is -0.372 e. The lowest BCUT2D eigenvalue weighted by Crippen LogP contribution is -2.49. The summed E-state index contributed by atoms with van der Waals surface area (Å²) in [7, 11) is 0. The molecule has 0 aromatic rings. The van der Waals surface area contributed by atoms with Crippen LogP contribution < -0.4 is 0 Å². The Kier molecular flexibility index (Phi) is 3.32. The van der Waals surface area contributed by atoms with Gasteiger partial charge in [0.2, 0.25) is 0 Å². The topological polar surface area (TPSA) is 44.8 Å². The maximum atomic E-state index is 11.4. The summed E-state index contributed by atoms with van der Waals surface area (Å²) in [5, 5.41) is 0. The van der Waals surface area contributed by atoms with Crippen molar-refractivity contribution in [3.05, 3.63) is 0 Å². The van der Waals surface area contributed by atoms with Crippen LogP contribution in [0.1, 0.15) is 53.4 Å². The molecule has 1 heterocycles. The van der Waals surface area contributed by atoms with E-state index in [2.05, 4.69) is 27.7 Å². The van der Waals surface area contributed by atoms with Gasteiger partial charge in [0.25, 0.3) is 0 Å². The van der Waals surface area contributed by atoms with Crippen molar-refractivity contribution in [3.63, 3.8) is 0 Å². The zero-order valence-electron chi connectivity index (χ0n) is 12.2. The zero-order chi connectivity index (χ0) is 13.8. The van der Waals surface area contributed by atoms with Gasteiger partial charge in [-0.1, -0.05) is 6.92 Å². The molecule has 5 heteroatoms. The zero-order valence-corrected chi connectivity index (χ0v) is 13.0. The van der Waals surface area contributed by atoms with Crippen molar-refractivity contribution in [3.8, 4) is 0 Å². The Labute approximate surface area is 118 Å². The first-order valence-electron chi connectivity index (χ1n) is 7.23. The summed E-state index contributed by atoms with van der Waals surface area (Å²) >= 11 is -1.54. The van der Waals surface area contributed by atoms with Crippen LogP contribution in [0.2, 0.25) is 0 Å². The van der Waals surface area contributed by atoms with Crippen molar-refractivity contribution in [2.45, 2.75) is 77.3 Å². The highest BCUT2D eigenvalue weighted by atomic mass is 32.2. The van der Waals surface area contributed by atoms with Crippen LogP contribution in [0.5, 0.6) is 0 Å². The molecule has 0 aromatic carbocycles. The molecule has 0 spiro atoms. The Hall–Kier alpha value is 0.0300. The average Bonchev–Trinajstić information content (AvgIpc) is 2.78. The van der Waals surface area contributed by atoms with E-state index in [9.17, 15) is 4.21 Å². The third-order valence-electron chi connectivity index (χ3n) is 4.94. The molecular formula is C14H24O4S. The average molecular weight is 288 g/mol. The van der Waals surface area contributed by atoms with Crippen molar-refractivity contribution in [2.24, 2.45) is 11.3 Å². The molecule has 3 rings (SSSR count). The van der Waals surface area contributed by atoms with Crippen molar-refractivity contribution in [1.29, 1.82) is 0 Å². The molecule has 1 aliphatic heterocycles. The van der Waals surface area contributed by atoms with Crippen LogP contribution in [0, 0.1) is 11.3 Å². The smallest absolute Gasteiger partial charge is 0.305 e. The van der Waals surface area contributed by atoms with Gasteiger partial charge in [-0.05, 0) is 57.8 Å². The fourth-order valence-corrected chi connectivity index (χ4v) is 4.95. The van der Waals surface area contributed by atoms with E-state index in [4.69, 9.17) is 13.1 Å². The van der Waals surface area contributed by atoms with Gasteiger partial charge < -0.3 is 4.74 Å². The molecule has 0 amide bonds. The quantitative estimate of drug-likeness (QED) is 0.744. The van der Waals surface area contributed by atoms with Crippen LogP contribution in [0.15, 0.2) is 0 Å². The van der Waals surface area contributed by atoms with Gasteiger partial charge in [-0.3, -0.25) is 8.37 Å². The maximum absolute atomic E-state index is 11.4. The number of hydrogen-bond donors (Lipinski definition) is 0. The lowest BCUT2D eigenvalue weighted by molar-refractivity contribution is -0.133. The van der Waals surface area contributed by atoms with Crippen molar-refractivity contribution < 1.29 is 17.3 Å². The fraction of sp³-hybridized carbons (Fsp3) is 1.00. The molecule has 1 unspecified atom stereocenters. The standard InChI is InChI=1S/C14H24O4S/c1-13(2,3)16-11-6-5-9-12-10(17-19(15)18-12)7-8-14(9,11)4/h9-12H,5-8H2,1-4H3/t9-,10-,11-,12+,14-,19?/m0/s1. The Morgan fingerprint density at radius 1 is 1.21 bits per heavy atom. The van der Waals surface area contributed by atoms with Gasteiger partial charge in [-0.25, -0.2) is 0 Å². The highest BCUT2D eigenvalue weighted by Crippen LogP contribution is 2.56. The molecule has 0 N–H and O–H groups in total. The van der Waals surface area contributed by atoms with Gasteiger partial charge in [0.05, 0.1) is 11.7 Å². The van der Waals surface area contributed by atoms with Crippen molar-refractivity contribution >= 4 is 11.4 Å². The van der Waals surface area contributed by atoms with Crippen LogP contribution in [0.25, 0.3) is 0 Å². The largest absolute Gasteiger partial charge is 0.372 e. The van der Waals surface area contributed by atoms with Gasteiger partial charge in [-0.2, -0.15) is 4.21 Å². The summed E-state index contributed by atoms with van der Waals surface area (Å²) < 4.78 is 28.6. The SMILES string of the molecule is CC(C)(C)O[C@H]1CC[C@H]2[C@H]3OS(=O)O[C@H]3CC[C@]12C. The Morgan fingerprint density at radius 3 is 2.63 bits per heavy atom. The second-order valence-corrected chi connectivity index (χ2v) is 8.14. The number of fused-ring (bicyclic) bond motifs is 3. The molecule has 0 aromatic heterocycles. The predicted octanol–water partition coefficient (Wildman–Crippen LogP) is 2.74. The van der Waals surface area contributed by atoms with Gasteiger partial charge in [0.15, 0.2) is 0 Å². The fourth-order valence-electron chi connectivity index (χ4n) is 4.06. The number of hydrogen-bond acceptors (Lipinski definition) is 4. The second kappa shape index (κ2) is 4.52. The molecule has 2 aliphatic carbocycles. The molecule has 3 aliphatic rings. The molecule has 1 saturated heterocycles. The van der Waals surface area contributed by atoms with Gasteiger partial charge in [0, 0.05) is 0 Å². The Morgan fingerprint density at radius 2 is 1.95 bits per heavy atom. The first-order valence-corrected chi connectivity index (χ1v) is 8.23. The monoisotopic (exact) mass is 288 g/mol. The molecule has 0 radical (unpaired) electrons. The van der Waals surface area contributed by atoms with E-state index in [-0.39, 0.29) is 29.3 Å². The van der Waals surface area contributed by atoms with Crippen molar-refractivity contribution in [1.82, 2.24) is 0 Å². The van der Waals surface area contributed by atoms with E-state index in [1.165, 1.54) is 0 Å². The van der Waals surface area contributed by atoms with Crippen LogP contribution in [0.3, 0.4) is 0 Å². The van der Waals surface area contributed by atoms with Crippen LogP contribution in [-0.4, -0.2) is 28.1 Å². The summed E-state index contributed by atoms with van der Waals surface area (Å²) in [6, 6.07) is 0.